The van der Waals surface area contributed by atoms with E-state index in [0.29, 0.717) is 31.1 Å². The van der Waals surface area contributed by atoms with Gasteiger partial charge in [0.1, 0.15) is 11.6 Å². The normalized spacial score (nSPS) is 23.2. The number of fused-ring (bicyclic) bond motifs is 3. The average molecular weight is 428 g/mol. The zero-order valence-electron chi connectivity index (χ0n) is 18.3. The molecule has 8 heteroatoms. The highest BCUT2D eigenvalue weighted by Crippen LogP contribution is 2.46. The fourth-order valence-corrected chi connectivity index (χ4v) is 4.99. The highest BCUT2D eigenvalue weighted by atomic mass is 16.5. The SMILES string of the molecule is Cc1ncc(-c2ccc3c(c2)N(c2cncc(N4[C@@H]5COC[C@H]4C5)n2)C(=O)C3(C)C)cn1. The van der Waals surface area contributed by atoms with Gasteiger partial charge in [0.05, 0.1) is 48.8 Å². The number of nitrogens with zero attached hydrogens (tertiary/aromatic N) is 6. The number of aryl methyl sites for hydroxylation is 1. The predicted octanol–water partition coefficient (Wildman–Crippen LogP) is 3.18. The first-order valence-corrected chi connectivity index (χ1v) is 10.9. The molecule has 3 aliphatic rings. The van der Waals surface area contributed by atoms with E-state index in [2.05, 4.69) is 19.9 Å². The summed E-state index contributed by atoms with van der Waals surface area (Å²) in [6, 6.07) is 6.75. The molecule has 1 amide bonds. The van der Waals surface area contributed by atoms with Crippen molar-refractivity contribution in [3.8, 4) is 11.1 Å². The van der Waals surface area contributed by atoms with Gasteiger partial charge in [0.2, 0.25) is 5.91 Å². The van der Waals surface area contributed by atoms with Crippen LogP contribution in [-0.2, 0) is 14.9 Å². The van der Waals surface area contributed by atoms with Crippen LogP contribution in [0.3, 0.4) is 0 Å². The monoisotopic (exact) mass is 428 g/mol. The maximum atomic E-state index is 13.5. The highest BCUT2D eigenvalue weighted by Gasteiger charge is 2.46. The van der Waals surface area contributed by atoms with E-state index in [0.717, 1.165) is 40.4 Å². The molecule has 0 N–H and O–H groups in total. The van der Waals surface area contributed by atoms with Gasteiger partial charge in [0, 0.05) is 18.0 Å². The number of anilines is 3. The molecule has 2 atom stereocenters. The van der Waals surface area contributed by atoms with Crippen LogP contribution in [0.1, 0.15) is 31.7 Å². The van der Waals surface area contributed by atoms with E-state index in [-0.39, 0.29) is 5.91 Å². The van der Waals surface area contributed by atoms with Gasteiger partial charge in [-0.3, -0.25) is 14.7 Å². The Morgan fingerprint density at radius 3 is 2.44 bits per heavy atom. The highest BCUT2D eigenvalue weighted by molar-refractivity contribution is 6.12. The van der Waals surface area contributed by atoms with E-state index >= 15 is 0 Å². The lowest BCUT2D eigenvalue weighted by molar-refractivity contribution is -0.121. The van der Waals surface area contributed by atoms with Gasteiger partial charge in [0.15, 0.2) is 5.82 Å². The molecular formula is C24H24N6O2. The van der Waals surface area contributed by atoms with Crippen molar-refractivity contribution in [3.05, 3.63) is 54.4 Å². The number of hydrogen-bond donors (Lipinski definition) is 0. The molecule has 0 aliphatic carbocycles. The molecule has 1 aromatic carbocycles. The summed E-state index contributed by atoms with van der Waals surface area (Å²) >= 11 is 0. The Hall–Kier alpha value is -3.39. The van der Waals surface area contributed by atoms with Crippen LogP contribution < -0.4 is 9.80 Å². The van der Waals surface area contributed by atoms with Gasteiger partial charge in [-0.25, -0.2) is 15.0 Å². The largest absolute Gasteiger partial charge is 0.377 e. The van der Waals surface area contributed by atoms with E-state index in [9.17, 15) is 4.79 Å². The van der Waals surface area contributed by atoms with Gasteiger partial charge in [-0.1, -0.05) is 12.1 Å². The molecule has 2 saturated heterocycles. The smallest absolute Gasteiger partial charge is 0.242 e. The maximum absolute atomic E-state index is 13.5. The van der Waals surface area contributed by atoms with Gasteiger partial charge < -0.3 is 9.64 Å². The molecule has 3 aromatic rings. The second kappa shape index (κ2) is 6.80. The molecule has 2 fully saturated rings. The van der Waals surface area contributed by atoms with Crippen molar-refractivity contribution in [2.24, 2.45) is 0 Å². The third-order valence-electron chi connectivity index (χ3n) is 6.82. The van der Waals surface area contributed by atoms with Crippen LogP contribution in [-0.4, -0.2) is 51.1 Å². The number of carbonyl (C=O) groups excluding carboxylic acids is 1. The third kappa shape index (κ3) is 2.75. The van der Waals surface area contributed by atoms with Gasteiger partial charge in [0.25, 0.3) is 0 Å². The minimum Gasteiger partial charge on any atom is -0.377 e. The first-order chi connectivity index (χ1) is 15.4. The Balaban J connectivity index is 1.43. The summed E-state index contributed by atoms with van der Waals surface area (Å²) in [4.78, 5) is 35.5. The lowest BCUT2D eigenvalue weighted by Gasteiger charge is -2.52. The first-order valence-electron chi connectivity index (χ1n) is 10.9. The van der Waals surface area contributed by atoms with Crippen LogP contribution in [0.15, 0.2) is 43.0 Å². The number of benzene rings is 1. The first kappa shape index (κ1) is 19.3. The lowest BCUT2D eigenvalue weighted by atomic mass is 9.85. The molecule has 6 rings (SSSR count). The summed E-state index contributed by atoms with van der Waals surface area (Å²) in [6.07, 6.45) is 8.18. The van der Waals surface area contributed by atoms with E-state index in [1.807, 2.05) is 39.0 Å². The number of carbonyl (C=O) groups is 1. The molecule has 2 aromatic heterocycles. The topological polar surface area (TPSA) is 84.3 Å². The zero-order valence-corrected chi connectivity index (χ0v) is 18.3. The zero-order chi connectivity index (χ0) is 22.0. The quantitative estimate of drug-likeness (QED) is 0.633. The van der Waals surface area contributed by atoms with E-state index in [1.165, 1.54) is 0 Å². The Morgan fingerprint density at radius 2 is 1.72 bits per heavy atom. The fraction of sp³-hybridized carbons (Fsp3) is 0.375. The van der Waals surface area contributed by atoms with Crippen molar-refractivity contribution >= 4 is 23.2 Å². The summed E-state index contributed by atoms with van der Waals surface area (Å²) < 4.78 is 5.60. The summed E-state index contributed by atoms with van der Waals surface area (Å²) in [5.41, 5.74) is 3.01. The summed E-state index contributed by atoms with van der Waals surface area (Å²) in [7, 11) is 0. The van der Waals surface area contributed by atoms with Crippen molar-refractivity contribution in [2.45, 2.75) is 44.7 Å². The fourth-order valence-electron chi connectivity index (χ4n) is 4.99. The summed E-state index contributed by atoms with van der Waals surface area (Å²) in [6.45, 7) is 7.19. The van der Waals surface area contributed by atoms with Crippen LogP contribution in [0.4, 0.5) is 17.3 Å². The number of hydrogen-bond acceptors (Lipinski definition) is 7. The van der Waals surface area contributed by atoms with Crippen molar-refractivity contribution in [2.75, 3.05) is 23.0 Å². The van der Waals surface area contributed by atoms with Gasteiger partial charge in [-0.05, 0) is 44.4 Å². The minimum atomic E-state index is -0.656. The average Bonchev–Trinajstić information content (AvgIpc) is 3.00. The van der Waals surface area contributed by atoms with Crippen LogP contribution in [0, 0.1) is 6.92 Å². The Kier molecular flexibility index (Phi) is 4.10. The molecule has 32 heavy (non-hydrogen) atoms. The van der Waals surface area contributed by atoms with E-state index in [1.54, 1.807) is 29.7 Å². The van der Waals surface area contributed by atoms with Gasteiger partial charge in [-0.2, -0.15) is 0 Å². The second-order valence-corrected chi connectivity index (χ2v) is 9.24. The maximum Gasteiger partial charge on any atom is 0.242 e. The van der Waals surface area contributed by atoms with Crippen molar-refractivity contribution in [1.29, 1.82) is 0 Å². The van der Waals surface area contributed by atoms with Gasteiger partial charge in [-0.15, -0.1) is 0 Å². The molecule has 2 bridgehead atoms. The molecule has 8 nitrogen and oxygen atoms in total. The second-order valence-electron chi connectivity index (χ2n) is 9.24. The molecular weight excluding hydrogens is 404 g/mol. The molecule has 0 spiro atoms. The van der Waals surface area contributed by atoms with Crippen molar-refractivity contribution in [3.63, 3.8) is 0 Å². The Morgan fingerprint density at radius 1 is 1.00 bits per heavy atom. The molecule has 162 valence electrons. The lowest BCUT2D eigenvalue weighted by Crippen LogP contribution is -2.64. The van der Waals surface area contributed by atoms with Crippen molar-refractivity contribution < 1.29 is 9.53 Å². The number of morpholine rings is 1. The number of ether oxygens (including phenoxy) is 1. The Labute approximate surface area is 186 Å². The standard InChI is InChI=1S/C24H24N6O2/c1-14-26-8-16(9-27-14)15-4-5-19-20(6-15)30(23(31)24(19,2)3)22-11-25-10-21(28-22)29-17-7-18(29)13-32-12-17/h4-6,8-11,17-18H,7,12-13H2,1-3H3/t17-,18+. The number of rotatable bonds is 3. The molecule has 3 aliphatic heterocycles. The number of amides is 1. The Bertz CT molecular complexity index is 1210. The molecule has 0 radical (unpaired) electrons. The number of aromatic nitrogens is 4. The van der Waals surface area contributed by atoms with Crippen molar-refractivity contribution in [1.82, 2.24) is 19.9 Å². The van der Waals surface area contributed by atoms with E-state index in [4.69, 9.17) is 9.72 Å². The molecule has 0 saturated carbocycles. The van der Waals surface area contributed by atoms with Crippen LogP contribution in [0.25, 0.3) is 11.1 Å². The van der Waals surface area contributed by atoms with Crippen LogP contribution in [0.2, 0.25) is 0 Å². The molecule has 5 heterocycles. The van der Waals surface area contributed by atoms with Crippen LogP contribution >= 0.6 is 0 Å². The predicted molar refractivity (Wildman–Crippen MR) is 120 cm³/mol. The van der Waals surface area contributed by atoms with E-state index < -0.39 is 5.41 Å². The summed E-state index contributed by atoms with van der Waals surface area (Å²) in [5, 5.41) is 0. The minimum absolute atomic E-state index is 0.0107. The molecule has 0 unspecified atom stereocenters. The van der Waals surface area contributed by atoms with Gasteiger partial charge >= 0.3 is 0 Å². The van der Waals surface area contributed by atoms with Crippen LogP contribution in [0.5, 0.6) is 0 Å². The summed E-state index contributed by atoms with van der Waals surface area (Å²) in [5.74, 6) is 2.06. The third-order valence-corrected chi connectivity index (χ3v) is 6.82.